The molecule has 126 valence electrons. The van der Waals surface area contributed by atoms with Crippen molar-refractivity contribution in [1.29, 1.82) is 0 Å². The number of nitrogens with one attached hydrogen (secondary N) is 1. The first-order valence-corrected chi connectivity index (χ1v) is 7.24. The van der Waals surface area contributed by atoms with Crippen LogP contribution in [0.25, 0.3) is 0 Å². The Balaban J connectivity index is 2.06. The third-order valence-electron chi connectivity index (χ3n) is 3.52. The van der Waals surface area contributed by atoms with Crippen LogP contribution >= 0.6 is 0 Å². The summed E-state index contributed by atoms with van der Waals surface area (Å²) in [6, 6.07) is 12.9. The van der Waals surface area contributed by atoms with E-state index in [1.54, 1.807) is 14.2 Å². The molecule has 1 amide bonds. The molecular formula is C17H18N2O5. The second kappa shape index (κ2) is 8.07. The van der Waals surface area contributed by atoms with Gasteiger partial charge in [0.1, 0.15) is 5.75 Å². The van der Waals surface area contributed by atoms with Crippen LogP contribution in [0.3, 0.4) is 0 Å². The fourth-order valence-electron chi connectivity index (χ4n) is 2.23. The number of hydrogen-bond donors (Lipinski definition) is 1. The lowest BCUT2D eigenvalue weighted by atomic mass is 10.1. The van der Waals surface area contributed by atoms with Crippen LogP contribution < -0.4 is 10.1 Å². The van der Waals surface area contributed by atoms with Gasteiger partial charge in [-0.15, -0.1) is 0 Å². The number of nitro benzene ring substituents is 1. The van der Waals surface area contributed by atoms with E-state index in [-0.39, 0.29) is 23.9 Å². The van der Waals surface area contributed by atoms with Gasteiger partial charge in [-0.05, 0) is 23.8 Å². The zero-order valence-corrected chi connectivity index (χ0v) is 13.4. The smallest absolute Gasteiger partial charge is 0.270 e. The van der Waals surface area contributed by atoms with Crippen LogP contribution in [0, 0.1) is 10.1 Å². The summed E-state index contributed by atoms with van der Waals surface area (Å²) in [4.78, 5) is 22.4. The Bertz CT molecular complexity index is 732. The Morgan fingerprint density at radius 3 is 2.62 bits per heavy atom. The minimum atomic E-state index is -0.537. The van der Waals surface area contributed by atoms with Gasteiger partial charge in [0.15, 0.2) is 0 Å². The summed E-state index contributed by atoms with van der Waals surface area (Å²) in [5.74, 6) is 0.295. The molecule has 0 fully saturated rings. The quantitative estimate of drug-likeness (QED) is 0.622. The molecule has 2 rings (SSSR count). The average molecular weight is 330 g/mol. The highest BCUT2D eigenvalue weighted by Crippen LogP contribution is 2.21. The van der Waals surface area contributed by atoms with Gasteiger partial charge in [-0.2, -0.15) is 0 Å². The van der Waals surface area contributed by atoms with Crippen molar-refractivity contribution in [3.05, 3.63) is 69.8 Å². The molecule has 0 saturated heterocycles. The average Bonchev–Trinajstić information content (AvgIpc) is 2.62. The maximum atomic E-state index is 12.2. The van der Waals surface area contributed by atoms with Crippen molar-refractivity contribution in [3.63, 3.8) is 0 Å². The van der Waals surface area contributed by atoms with Crippen LogP contribution in [0.2, 0.25) is 0 Å². The predicted molar refractivity (Wildman–Crippen MR) is 88.2 cm³/mol. The van der Waals surface area contributed by atoms with Gasteiger partial charge in [0, 0.05) is 31.4 Å². The SMILES string of the molecule is COc1cccc(C(CNC(=O)c2cccc([N+](=O)[O-])c2)OC)c1. The van der Waals surface area contributed by atoms with Crippen LogP contribution in [0.15, 0.2) is 48.5 Å². The molecule has 0 spiro atoms. The van der Waals surface area contributed by atoms with Crippen LogP contribution in [-0.2, 0) is 4.74 Å². The Hall–Kier alpha value is -2.93. The molecule has 0 heterocycles. The number of amides is 1. The zero-order chi connectivity index (χ0) is 17.5. The molecule has 0 aliphatic rings. The highest BCUT2D eigenvalue weighted by molar-refractivity contribution is 5.94. The molecule has 0 aromatic heterocycles. The number of non-ortho nitro benzene ring substituents is 1. The minimum absolute atomic E-state index is 0.126. The molecule has 0 radical (unpaired) electrons. The van der Waals surface area contributed by atoms with Gasteiger partial charge in [0.2, 0.25) is 0 Å². The first-order valence-electron chi connectivity index (χ1n) is 7.24. The van der Waals surface area contributed by atoms with E-state index in [1.807, 2.05) is 24.3 Å². The van der Waals surface area contributed by atoms with Crippen molar-refractivity contribution < 1.29 is 19.2 Å². The van der Waals surface area contributed by atoms with Gasteiger partial charge in [-0.3, -0.25) is 14.9 Å². The number of carbonyl (C=O) groups excluding carboxylic acids is 1. The molecule has 2 aromatic rings. The van der Waals surface area contributed by atoms with E-state index in [4.69, 9.17) is 9.47 Å². The number of benzene rings is 2. The molecule has 2 aromatic carbocycles. The maximum Gasteiger partial charge on any atom is 0.270 e. The van der Waals surface area contributed by atoms with E-state index < -0.39 is 10.8 Å². The molecule has 7 nitrogen and oxygen atoms in total. The van der Waals surface area contributed by atoms with Gasteiger partial charge in [0.05, 0.1) is 18.1 Å². The zero-order valence-electron chi connectivity index (χ0n) is 13.4. The lowest BCUT2D eigenvalue weighted by Gasteiger charge is -2.17. The Labute approximate surface area is 139 Å². The number of carbonyl (C=O) groups is 1. The van der Waals surface area contributed by atoms with E-state index in [2.05, 4.69) is 5.32 Å². The van der Waals surface area contributed by atoms with Gasteiger partial charge in [0.25, 0.3) is 11.6 Å². The molecule has 0 aliphatic carbocycles. The molecule has 24 heavy (non-hydrogen) atoms. The third-order valence-corrected chi connectivity index (χ3v) is 3.52. The standard InChI is InChI=1S/C17H18N2O5/c1-23-15-8-4-5-12(10-15)16(24-2)11-18-17(20)13-6-3-7-14(9-13)19(21)22/h3-10,16H,11H2,1-2H3,(H,18,20). The number of hydrogen-bond acceptors (Lipinski definition) is 5. The molecule has 0 saturated carbocycles. The normalized spacial score (nSPS) is 11.6. The fraction of sp³-hybridized carbons (Fsp3) is 0.235. The molecule has 0 bridgehead atoms. The van der Waals surface area contributed by atoms with E-state index in [9.17, 15) is 14.9 Å². The van der Waals surface area contributed by atoms with Gasteiger partial charge < -0.3 is 14.8 Å². The highest BCUT2D eigenvalue weighted by Gasteiger charge is 2.15. The first-order chi connectivity index (χ1) is 11.5. The summed E-state index contributed by atoms with van der Waals surface area (Å²) in [5.41, 5.74) is 0.958. The Morgan fingerprint density at radius 2 is 1.96 bits per heavy atom. The van der Waals surface area contributed by atoms with E-state index in [0.29, 0.717) is 5.75 Å². The summed E-state index contributed by atoms with van der Waals surface area (Å²) >= 11 is 0. The fourth-order valence-corrected chi connectivity index (χ4v) is 2.23. The summed E-state index contributed by atoms with van der Waals surface area (Å²) in [6.45, 7) is 0.227. The van der Waals surface area contributed by atoms with Crippen molar-refractivity contribution in [3.8, 4) is 5.75 Å². The Morgan fingerprint density at radius 1 is 1.21 bits per heavy atom. The summed E-state index contributed by atoms with van der Waals surface area (Å²) < 4.78 is 10.6. The van der Waals surface area contributed by atoms with Gasteiger partial charge in [-0.1, -0.05) is 18.2 Å². The van der Waals surface area contributed by atoms with Crippen molar-refractivity contribution in [1.82, 2.24) is 5.32 Å². The van der Waals surface area contributed by atoms with Gasteiger partial charge >= 0.3 is 0 Å². The van der Waals surface area contributed by atoms with Crippen molar-refractivity contribution in [2.75, 3.05) is 20.8 Å². The van der Waals surface area contributed by atoms with E-state index in [0.717, 1.165) is 5.56 Å². The molecule has 1 unspecified atom stereocenters. The van der Waals surface area contributed by atoms with Crippen LogP contribution in [-0.4, -0.2) is 31.6 Å². The van der Waals surface area contributed by atoms with E-state index >= 15 is 0 Å². The topological polar surface area (TPSA) is 90.7 Å². The van der Waals surface area contributed by atoms with Crippen molar-refractivity contribution >= 4 is 11.6 Å². The van der Waals surface area contributed by atoms with Crippen LogP contribution in [0.5, 0.6) is 5.75 Å². The number of rotatable bonds is 7. The highest BCUT2D eigenvalue weighted by atomic mass is 16.6. The number of methoxy groups -OCH3 is 2. The van der Waals surface area contributed by atoms with E-state index in [1.165, 1.54) is 24.3 Å². The second-order valence-corrected chi connectivity index (χ2v) is 5.02. The van der Waals surface area contributed by atoms with Gasteiger partial charge in [-0.25, -0.2) is 0 Å². The second-order valence-electron chi connectivity index (χ2n) is 5.02. The number of nitro groups is 1. The van der Waals surface area contributed by atoms with Crippen molar-refractivity contribution in [2.45, 2.75) is 6.10 Å². The molecular weight excluding hydrogens is 312 g/mol. The molecule has 7 heteroatoms. The largest absolute Gasteiger partial charge is 0.497 e. The Kier molecular flexibility index (Phi) is 5.86. The van der Waals surface area contributed by atoms with Crippen LogP contribution in [0.1, 0.15) is 22.0 Å². The minimum Gasteiger partial charge on any atom is -0.497 e. The van der Waals surface area contributed by atoms with Crippen molar-refractivity contribution in [2.24, 2.45) is 0 Å². The monoisotopic (exact) mass is 330 g/mol. The predicted octanol–water partition coefficient (Wildman–Crippen LogP) is 2.72. The molecule has 1 N–H and O–H groups in total. The lowest BCUT2D eigenvalue weighted by Crippen LogP contribution is -2.29. The van der Waals surface area contributed by atoms with Crippen LogP contribution in [0.4, 0.5) is 5.69 Å². The molecule has 0 aliphatic heterocycles. The lowest BCUT2D eigenvalue weighted by molar-refractivity contribution is -0.384. The number of ether oxygens (including phenoxy) is 2. The third kappa shape index (κ3) is 4.30. The summed E-state index contributed by atoms with van der Waals surface area (Å²) in [5, 5.41) is 13.5. The summed E-state index contributed by atoms with van der Waals surface area (Å²) in [7, 11) is 3.12. The summed E-state index contributed by atoms with van der Waals surface area (Å²) in [6.07, 6.45) is -0.359. The first kappa shape index (κ1) is 17.4. The number of nitrogens with zero attached hydrogens (tertiary/aromatic N) is 1. The maximum absolute atomic E-state index is 12.2. The molecule has 1 atom stereocenters.